The molecule has 1 atom stereocenters. The molecular formula is C10H10N4O2S. The minimum Gasteiger partial charge on any atom is -0.264 e. The second-order valence-electron chi connectivity index (χ2n) is 3.99. The Kier molecular flexibility index (Phi) is 2.40. The summed E-state index contributed by atoms with van der Waals surface area (Å²) in [5, 5.41) is 17.1. The first-order chi connectivity index (χ1) is 8.24. The Morgan fingerprint density at radius 1 is 1.59 bits per heavy atom. The number of hydrogen-bond donors (Lipinski definition) is 0. The summed E-state index contributed by atoms with van der Waals surface area (Å²) in [6.07, 6.45) is 1.18. The van der Waals surface area contributed by atoms with Gasteiger partial charge in [-0.3, -0.25) is 10.1 Å². The highest BCUT2D eigenvalue weighted by Gasteiger charge is 2.29. The van der Waals surface area contributed by atoms with E-state index in [4.69, 9.17) is 0 Å². The van der Waals surface area contributed by atoms with Crippen LogP contribution >= 0.6 is 11.3 Å². The third-order valence-corrected chi connectivity index (χ3v) is 3.74. The molecule has 0 fully saturated rings. The lowest BCUT2D eigenvalue weighted by Crippen LogP contribution is -2.31. The summed E-state index contributed by atoms with van der Waals surface area (Å²) >= 11 is 1.57. The molecule has 7 heteroatoms. The van der Waals surface area contributed by atoms with Crippen molar-refractivity contribution in [3.63, 3.8) is 0 Å². The van der Waals surface area contributed by atoms with Gasteiger partial charge in [0, 0.05) is 17.8 Å². The van der Waals surface area contributed by atoms with Crippen LogP contribution in [0.5, 0.6) is 0 Å². The normalized spacial score (nSPS) is 18.9. The zero-order valence-corrected chi connectivity index (χ0v) is 9.76. The molecule has 0 radical (unpaired) electrons. The highest BCUT2D eigenvalue weighted by Crippen LogP contribution is 2.24. The molecule has 0 aromatic carbocycles. The molecule has 88 valence electrons. The number of fused-ring (bicyclic) bond motifs is 1. The van der Waals surface area contributed by atoms with Crippen LogP contribution in [-0.2, 0) is 13.0 Å². The molecule has 0 N–H and O–H groups in total. The van der Waals surface area contributed by atoms with E-state index < -0.39 is 6.04 Å². The van der Waals surface area contributed by atoms with Gasteiger partial charge in [-0.15, -0.1) is 16.4 Å². The summed E-state index contributed by atoms with van der Waals surface area (Å²) in [5.74, 6) is 1.53. The van der Waals surface area contributed by atoms with Crippen LogP contribution in [0.1, 0.15) is 12.2 Å². The Morgan fingerprint density at radius 3 is 3.18 bits per heavy atom. The fourth-order valence-corrected chi connectivity index (χ4v) is 2.63. The van der Waals surface area contributed by atoms with E-state index in [1.54, 1.807) is 16.0 Å². The summed E-state index contributed by atoms with van der Waals surface area (Å²) < 4.78 is 1.67. The van der Waals surface area contributed by atoms with E-state index in [1.807, 2.05) is 17.5 Å². The maximum atomic E-state index is 10.7. The van der Waals surface area contributed by atoms with Gasteiger partial charge in [-0.25, -0.2) is 9.67 Å². The summed E-state index contributed by atoms with van der Waals surface area (Å²) in [6, 6.07) is 3.37. The van der Waals surface area contributed by atoms with Crippen LogP contribution < -0.4 is 0 Å². The highest BCUT2D eigenvalue weighted by atomic mass is 32.1. The molecule has 1 unspecified atom stereocenters. The van der Waals surface area contributed by atoms with Gasteiger partial charge >= 0.3 is 0 Å². The van der Waals surface area contributed by atoms with Crippen LogP contribution in [0.3, 0.4) is 0 Å². The van der Waals surface area contributed by atoms with E-state index >= 15 is 0 Å². The molecule has 0 bridgehead atoms. The van der Waals surface area contributed by atoms with Crippen molar-refractivity contribution in [2.24, 2.45) is 0 Å². The summed E-state index contributed by atoms with van der Waals surface area (Å²) in [6.45, 7) is 0.334. The second-order valence-corrected chi connectivity index (χ2v) is 4.94. The first kappa shape index (κ1) is 10.4. The summed E-state index contributed by atoms with van der Waals surface area (Å²) in [7, 11) is 0. The van der Waals surface area contributed by atoms with Crippen LogP contribution in [-0.4, -0.2) is 25.7 Å². The molecule has 2 aromatic heterocycles. The van der Waals surface area contributed by atoms with Crippen LogP contribution in [0.4, 0.5) is 0 Å². The smallest absolute Gasteiger partial charge is 0.232 e. The quantitative estimate of drug-likeness (QED) is 0.599. The first-order valence-electron chi connectivity index (χ1n) is 5.35. The van der Waals surface area contributed by atoms with Gasteiger partial charge in [0.25, 0.3) is 0 Å². The Labute approximate surface area is 101 Å². The van der Waals surface area contributed by atoms with Crippen LogP contribution in [0.2, 0.25) is 0 Å². The lowest BCUT2D eigenvalue weighted by Gasteiger charge is -2.15. The number of nitrogens with zero attached hydrogens (tertiary/aromatic N) is 4. The Balaban J connectivity index is 1.92. The lowest BCUT2D eigenvalue weighted by molar-refractivity contribution is -0.527. The molecule has 6 nitrogen and oxygen atoms in total. The average Bonchev–Trinajstić information content (AvgIpc) is 2.96. The zero-order chi connectivity index (χ0) is 11.8. The molecule has 0 spiro atoms. The SMILES string of the molecule is O=[N+]([O-])C1CCc2nc(-c3cccs3)nn2C1. The molecular weight excluding hydrogens is 240 g/mol. The number of rotatable bonds is 2. The molecule has 2 aromatic rings. The zero-order valence-electron chi connectivity index (χ0n) is 8.94. The molecule has 0 saturated carbocycles. The molecule has 0 aliphatic carbocycles. The van der Waals surface area contributed by atoms with Crippen LogP contribution in [0.15, 0.2) is 17.5 Å². The van der Waals surface area contributed by atoms with Gasteiger partial charge < -0.3 is 0 Å². The maximum absolute atomic E-state index is 10.7. The minimum atomic E-state index is -0.527. The first-order valence-corrected chi connectivity index (χ1v) is 6.23. The van der Waals surface area contributed by atoms with Crippen molar-refractivity contribution >= 4 is 11.3 Å². The number of nitro groups is 1. The third kappa shape index (κ3) is 1.82. The number of aromatic nitrogens is 3. The van der Waals surface area contributed by atoms with Gasteiger partial charge in [-0.1, -0.05) is 6.07 Å². The predicted octanol–water partition coefficient (Wildman–Crippen LogP) is 1.60. The predicted molar refractivity (Wildman–Crippen MR) is 62.4 cm³/mol. The molecule has 3 rings (SSSR count). The van der Waals surface area contributed by atoms with Crippen molar-refractivity contribution in [1.82, 2.24) is 14.8 Å². The van der Waals surface area contributed by atoms with Gasteiger partial charge in [-0.05, 0) is 11.4 Å². The fraction of sp³-hybridized carbons (Fsp3) is 0.400. The summed E-state index contributed by atoms with van der Waals surface area (Å²) in [4.78, 5) is 15.9. The molecule has 1 aliphatic rings. The van der Waals surface area contributed by atoms with E-state index in [1.165, 1.54) is 0 Å². The Hall–Kier alpha value is -1.76. The Bertz CT molecular complexity index is 549. The van der Waals surface area contributed by atoms with Gasteiger partial charge in [-0.2, -0.15) is 0 Å². The van der Waals surface area contributed by atoms with Crippen LogP contribution in [0.25, 0.3) is 10.7 Å². The van der Waals surface area contributed by atoms with E-state index in [2.05, 4.69) is 10.1 Å². The monoisotopic (exact) mass is 250 g/mol. The van der Waals surface area contributed by atoms with Crippen molar-refractivity contribution in [3.05, 3.63) is 33.5 Å². The highest BCUT2D eigenvalue weighted by molar-refractivity contribution is 7.13. The van der Waals surface area contributed by atoms with E-state index in [0.717, 1.165) is 10.7 Å². The van der Waals surface area contributed by atoms with E-state index in [0.29, 0.717) is 25.2 Å². The standard InChI is InChI=1S/C10H10N4O2S/c15-14(16)7-3-4-9-11-10(12-13(9)6-7)8-2-1-5-17-8/h1-2,5,7H,3-4,6H2. The fourth-order valence-electron chi connectivity index (χ4n) is 1.97. The van der Waals surface area contributed by atoms with Gasteiger partial charge in [0.1, 0.15) is 12.4 Å². The molecule has 17 heavy (non-hydrogen) atoms. The Morgan fingerprint density at radius 2 is 2.47 bits per heavy atom. The molecule has 0 saturated heterocycles. The van der Waals surface area contributed by atoms with Crippen molar-refractivity contribution in [3.8, 4) is 10.7 Å². The molecule has 3 heterocycles. The van der Waals surface area contributed by atoms with Crippen molar-refractivity contribution in [2.45, 2.75) is 25.4 Å². The maximum Gasteiger partial charge on any atom is 0.232 e. The average molecular weight is 250 g/mol. The van der Waals surface area contributed by atoms with Crippen molar-refractivity contribution in [1.29, 1.82) is 0 Å². The lowest BCUT2D eigenvalue weighted by atomic mass is 10.1. The minimum absolute atomic E-state index is 0.227. The van der Waals surface area contributed by atoms with E-state index in [-0.39, 0.29) is 4.92 Å². The second kappa shape index (κ2) is 3.92. The van der Waals surface area contributed by atoms with Crippen LogP contribution in [0, 0.1) is 10.1 Å². The third-order valence-electron chi connectivity index (χ3n) is 2.87. The topological polar surface area (TPSA) is 73.8 Å². The number of thiophene rings is 1. The van der Waals surface area contributed by atoms with Gasteiger partial charge in [0.2, 0.25) is 6.04 Å². The molecule has 0 amide bonds. The van der Waals surface area contributed by atoms with E-state index in [9.17, 15) is 10.1 Å². The van der Waals surface area contributed by atoms with Gasteiger partial charge in [0.15, 0.2) is 5.82 Å². The van der Waals surface area contributed by atoms with Crippen molar-refractivity contribution in [2.75, 3.05) is 0 Å². The molecule has 1 aliphatic heterocycles. The number of aryl methyl sites for hydroxylation is 1. The summed E-state index contributed by atoms with van der Waals surface area (Å²) in [5.41, 5.74) is 0. The number of hydrogen-bond acceptors (Lipinski definition) is 5. The largest absolute Gasteiger partial charge is 0.264 e. The van der Waals surface area contributed by atoms with Crippen molar-refractivity contribution < 1.29 is 4.92 Å². The van der Waals surface area contributed by atoms with Gasteiger partial charge in [0.05, 0.1) is 4.88 Å².